The fourth-order valence-electron chi connectivity index (χ4n) is 2.47. The van der Waals surface area contributed by atoms with Crippen LogP contribution in [-0.2, 0) is 9.53 Å². The van der Waals surface area contributed by atoms with Crippen LogP contribution in [0.25, 0.3) is 27.6 Å². The van der Waals surface area contributed by atoms with Crippen LogP contribution in [0.5, 0.6) is 0 Å². The van der Waals surface area contributed by atoms with Crippen molar-refractivity contribution < 1.29 is 14.7 Å². The second kappa shape index (κ2) is 4.24. The lowest BCUT2D eigenvalue weighted by Crippen LogP contribution is -2.23. The van der Waals surface area contributed by atoms with Crippen LogP contribution in [0.15, 0.2) is 41.6 Å². The maximum atomic E-state index is 11.5. The first-order valence-corrected chi connectivity index (χ1v) is 5.81. The summed E-state index contributed by atoms with van der Waals surface area (Å²) in [5.41, 5.74) is 0. The first-order chi connectivity index (χ1) is 9.26. The second-order valence-electron chi connectivity index (χ2n) is 4.24. The zero-order valence-corrected chi connectivity index (χ0v) is 10.3. The Morgan fingerprint density at radius 1 is 1.21 bits per heavy atom. The van der Waals surface area contributed by atoms with Gasteiger partial charge in [0.15, 0.2) is 0 Å². The van der Waals surface area contributed by atoms with Gasteiger partial charge in [-0.05, 0) is 16.2 Å². The third-order valence-electron chi connectivity index (χ3n) is 3.27. The average molecular weight is 253 g/mol. The number of carbonyl (C=O) groups is 1. The Hall–Kier alpha value is -2.62. The number of carbonyl (C=O) groups excluding carboxylic acids is 1. The number of rotatable bonds is 1. The van der Waals surface area contributed by atoms with Gasteiger partial charge in [-0.2, -0.15) is 0 Å². The van der Waals surface area contributed by atoms with Crippen molar-refractivity contribution in [2.24, 2.45) is 5.16 Å². The summed E-state index contributed by atoms with van der Waals surface area (Å²) in [6.07, 6.45) is 1.35. The summed E-state index contributed by atoms with van der Waals surface area (Å²) in [6, 6.07) is 11.6. The van der Waals surface area contributed by atoms with Crippen LogP contribution in [0.4, 0.5) is 0 Å². The minimum atomic E-state index is -0.471. The number of methoxy groups -OCH3 is 1. The molecule has 0 fully saturated rings. The molecule has 0 aliphatic carbocycles. The van der Waals surface area contributed by atoms with E-state index in [-0.39, 0.29) is 0 Å². The van der Waals surface area contributed by atoms with Crippen LogP contribution in [0.2, 0.25) is 0 Å². The van der Waals surface area contributed by atoms with Crippen LogP contribution >= 0.6 is 0 Å². The van der Waals surface area contributed by atoms with Gasteiger partial charge < -0.3 is 9.94 Å². The molecule has 0 bridgehead atoms. The van der Waals surface area contributed by atoms with E-state index in [1.807, 2.05) is 36.4 Å². The Balaban J connectivity index is 2.62. The van der Waals surface area contributed by atoms with E-state index in [0.29, 0.717) is 10.6 Å². The van der Waals surface area contributed by atoms with Gasteiger partial charge in [-0.1, -0.05) is 41.6 Å². The number of esters is 1. The van der Waals surface area contributed by atoms with Crippen molar-refractivity contribution in [1.82, 2.24) is 0 Å². The van der Waals surface area contributed by atoms with Crippen LogP contribution in [-0.4, -0.2) is 18.3 Å². The summed E-state index contributed by atoms with van der Waals surface area (Å²) < 4.78 is 4.65. The summed E-state index contributed by atoms with van der Waals surface area (Å²) in [7, 11) is 1.32. The van der Waals surface area contributed by atoms with Crippen molar-refractivity contribution in [1.29, 1.82) is 0 Å². The van der Waals surface area contributed by atoms with Gasteiger partial charge in [-0.15, -0.1) is 0 Å². The van der Waals surface area contributed by atoms with E-state index < -0.39 is 5.97 Å². The van der Waals surface area contributed by atoms with Crippen molar-refractivity contribution in [3.63, 3.8) is 0 Å². The number of nitrogens with zero attached hydrogens (tertiary/aromatic N) is 1. The Bertz CT molecular complexity index is 878. The highest BCUT2D eigenvalue weighted by atomic mass is 16.5. The molecule has 3 aromatic rings. The van der Waals surface area contributed by atoms with Crippen molar-refractivity contribution in [2.75, 3.05) is 7.11 Å². The molecule has 0 aliphatic heterocycles. The van der Waals surface area contributed by atoms with Gasteiger partial charge in [0.25, 0.3) is 0 Å². The smallest absolute Gasteiger partial charge is 0.331 e. The summed E-state index contributed by atoms with van der Waals surface area (Å²) in [5, 5.41) is 17.3. The summed E-state index contributed by atoms with van der Waals surface area (Å²) in [5.74, 6) is -0.471. The number of hydrogen-bond donors (Lipinski definition) is 1. The van der Waals surface area contributed by atoms with E-state index in [1.165, 1.54) is 13.2 Å². The van der Waals surface area contributed by atoms with Crippen LogP contribution in [0.3, 0.4) is 0 Å². The molecule has 4 nitrogen and oxygen atoms in total. The molecule has 0 unspecified atom stereocenters. The predicted octanol–water partition coefficient (Wildman–Crippen LogP) is 1.39. The largest absolute Gasteiger partial charge is 0.466 e. The number of hydrogen-bond acceptors (Lipinski definition) is 4. The van der Waals surface area contributed by atoms with Gasteiger partial charge in [-0.3, -0.25) is 0 Å². The Morgan fingerprint density at radius 2 is 1.89 bits per heavy atom. The summed E-state index contributed by atoms with van der Waals surface area (Å²) in [6.45, 7) is 0. The third-order valence-corrected chi connectivity index (χ3v) is 3.27. The van der Waals surface area contributed by atoms with Crippen LogP contribution in [0.1, 0.15) is 0 Å². The van der Waals surface area contributed by atoms with E-state index >= 15 is 0 Å². The predicted molar refractivity (Wildman–Crippen MR) is 71.7 cm³/mol. The van der Waals surface area contributed by atoms with Gasteiger partial charge in [0.2, 0.25) is 0 Å². The Morgan fingerprint density at radius 3 is 2.53 bits per heavy atom. The normalized spacial score (nSPS) is 13.5. The van der Waals surface area contributed by atoms with Crippen LogP contribution in [0, 0.1) is 0 Å². The summed E-state index contributed by atoms with van der Waals surface area (Å²) >= 11 is 0. The number of benzene rings is 2. The first kappa shape index (κ1) is 11.5. The highest BCUT2D eigenvalue weighted by Gasteiger charge is 2.10. The Labute approximate surface area is 108 Å². The van der Waals surface area contributed by atoms with E-state index in [2.05, 4.69) is 9.89 Å². The fraction of sp³-hybridized carbons (Fsp3) is 0.0667. The van der Waals surface area contributed by atoms with Gasteiger partial charge in [0.05, 0.1) is 7.11 Å². The second-order valence-corrected chi connectivity index (χ2v) is 4.24. The molecule has 1 N–H and O–H groups in total. The minimum Gasteiger partial charge on any atom is -0.466 e. The van der Waals surface area contributed by atoms with Crippen molar-refractivity contribution in [3.05, 3.63) is 47.0 Å². The van der Waals surface area contributed by atoms with Gasteiger partial charge >= 0.3 is 5.97 Å². The lowest BCUT2D eigenvalue weighted by Gasteiger charge is -1.96. The van der Waals surface area contributed by atoms with Crippen molar-refractivity contribution >= 4 is 33.6 Å². The van der Waals surface area contributed by atoms with E-state index in [4.69, 9.17) is 0 Å². The van der Waals surface area contributed by atoms with E-state index in [0.717, 1.165) is 21.5 Å². The van der Waals surface area contributed by atoms with Gasteiger partial charge in [0.1, 0.15) is 5.36 Å². The minimum absolute atomic E-state index is 0.400. The molecule has 19 heavy (non-hydrogen) atoms. The molecule has 94 valence electrons. The molecule has 0 aliphatic rings. The fourth-order valence-corrected chi connectivity index (χ4v) is 2.47. The molecular formula is C15H11NO3. The molecule has 0 amide bonds. The highest BCUT2D eigenvalue weighted by Crippen LogP contribution is 2.22. The first-order valence-electron chi connectivity index (χ1n) is 5.81. The molecule has 0 heterocycles. The quantitative estimate of drug-likeness (QED) is 0.405. The molecule has 0 atom stereocenters. The molecular weight excluding hydrogens is 242 g/mol. The molecule has 0 saturated carbocycles. The molecule has 3 rings (SSSR count). The third kappa shape index (κ3) is 1.61. The summed E-state index contributed by atoms with van der Waals surface area (Å²) in [4.78, 5) is 11.5. The SMILES string of the molecule is COC(=O)/C=c1/c(=N/O)c2cccc3cccc1c32. The molecule has 0 aromatic heterocycles. The molecule has 0 spiro atoms. The number of ether oxygens (including phenoxy) is 1. The van der Waals surface area contributed by atoms with Crippen LogP contribution < -0.4 is 10.6 Å². The zero-order valence-electron chi connectivity index (χ0n) is 10.3. The topological polar surface area (TPSA) is 58.9 Å². The van der Waals surface area contributed by atoms with Gasteiger partial charge in [-0.25, -0.2) is 4.79 Å². The average Bonchev–Trinajstić information content (AvgIpc) is 2.75. The van der Waals surface area contributed by atoms with E-state index in [9.17, 15) is 10.0 Å². The van der Waals surface area contributed by atoms with Crippen molar-refractivity contribution in [2.45, 2.75) is 0 Å². The zero-order chi connectivity index (χ0) is 13.4. The molecule has 4 heteroatoms. The van der Waals surface area contributed by atoms with Gasteiger partial charge in [0, 0.05) is 16.7 Å². The maximum absolute atomic E-state index is 11.5. The van der Waals surface area contributed by atoms with Crippen molar-refractivity contribution in [3.8, 4) is 0 Å². The molecule has 3 aromatic carbocycles. The Kier molecular flexibility index (Phi) is 2.56. The monoisotopic (exact) mass is 253 g/mol. The lowest BCUT2D eigenvalue weighted by atomic mass is 10.1. The van der Waals surface area contributed by atoms with E-state index in [1.54, 1.807) is 0 Å². The highest BCUT2D eigenvalue weighted by molar-refractivity contribution is 6.13. The standard InChI is InChI=1S/C15H11NO3/c1-19-13(17)8-12-10-6-2-4-9-5-3-7-11(14(9)10)15(12)16-18/h2-8,18H,1H3/b12-8+,16-15+. The molecule has 0 saturated heterocycles. The lowest BCUT2D eigenvalue weighted by molar-refractivity contribution is -0.133. The maximum Gasteiger partial charge on any atom is 0.331 e. The molecule has 0 radical (unpaired) electrons.